The van der Waals surface area contributed by atoms with Crippen LogP contribution < -0.4 is 15.0 Å². The molecule has 4 heteroatoms. The molecule has 0 saturated carbocycles. The van der Waals surface area contributed by atoms with E-state index in [9.17, 15) is 0 Å². The molecule has 1 N–H and O–H groups in total. The Morgan fingerprint density at radius 3 is 3.00 bits per heavy atom. The van der Waals surface area contributed by atoms with Gasteiger partial charge in [-0.1, -0.05) is 12.1 Å². The van der Waals surface area contributed by atoms with Crippen LogP contribution in [0.25, 0.3) is 0 Å². The molecule has 18 heavy (non-hydrogen) atoms. The van der Waals surface area contributed by atoms with Crippen LogP contribution in [0.15, 0.2) is 24.3 Å². The number of benzene rings is 1. The van der Waals surface area contributed by atoms with Gasteiger partial charge in [-0.05, 0) is 19.1 Å². The molecule has 1 atom stereocenters. The second-order valence-corrected chi connectivity index (χ2v) is 4.48. The Balaban J connectivity index is 2.00. The van der Waals surface area contributed by atoms with Crippen molar-refractivity contribution in [1.82, 2.24) is 5.32 Å². The van der Waals surface area contributed by atoms with Crippen molar-refractivity contribution in [3.8, 4) is 5.75 Å². The molecular formula is C14H22N2O2. The Bertz CT molecular complexity index is 365. The maximum absolute atomic E-state index is 5.72. The lowest BCUT2D eigenvalue weighted by Gasteiger charge is -2.30. The summed E-state index contributed by atoms with van der Waals surface area (Å²) in [4.78, 5) is 2.20. The Morgan fingerprint density at radius 1 is 1.44 bits per heavy atom. The summed E-state index contributed by atoms with van der Waals surface area (Å²) in [6.45, 7) is 6.23. The van der Waals surface area contributed by atoms with E-state index in [1.165, 1.54) is 0 Å². The normalized spacial score (nSPS) is 19.6. The lowest BCUT2D eigenvalue weighted by molar-refractivity contribution is 0.0339. The molecule has 1 unspecified atom stereocenters. The molecule has 0 radical (unpaired) electrons. The fraction of sp³-hybridized carbons (Fsp3) is 0.571. The van der Waals surface area contributed by atoms with Gasteiger partial charge in [-0.3, -0.25) is 0 Å². The topological polar surface area (TPSA) is 33.7 Å². The fourth-order valence-electron chi connectivity index (χ4n) is 2.19. The number of morpholine rings is 1. The maximum Gasteiger partial charge on any atom is 0.142 e. The van der Waals surface area contributed by atoms with Crippen molar-refractivity contribution in [2.75, 3.05) is 44.8 Å². The molecule has 2 rings (SSSR count). The highest BCUT2D eigenvalue weighted by atomic mass is 16.5. The molecule has 1 heterocycles. The van der Waals surface area contributed by atoms with Gasteiger partial charge in [-0.2, -0.15) is 0 Å². The summed E-state index contributed by atoms with van der Waals surface area (Å²) in [6, 6.07) is 8.13. The molecule has 1 aromatic carbocycles. The van der Waals surface area contributed by atoms with Crippen LogP contribution >= 0.6 is 0 Å². The summed E-state index contributed by atoms with van der Waals surface area (Å²) in [5, 5.41) is 3.35. The molecule has 1 saturated heterocycles. The Kier molecular flexibility index (Phi) is 4.84. The Hall–Kier alpha value is -1.26. The zero-order chi connectivity index (χ0) is 12.8. The summed E-state index contributed by atoms with van der Waals surface area (Å²) < 4.78 is 11.4. The van der Waals surface area contributed by atoms with Crippen molar-refractivity contribution < 1.29 is 9.47 Å². The van der Waals surface area contributed by atoms with Gasteiger partial charge in [0, 0.05) is 26.7 Å². The number of nitrogens with one attached hydrogen (secondary N) is 1. The highest BCUT2D eigenvalue weighted by Crippen LogP contribution is 2.27. The highest BCUT2D eigenvalue weighted by Gasteiger charge is 2.17. The minimum Gasteiger partial charge on any atom is -0.492 e. The van der Waals surface area contributed by atoms with Gasteiger partial charge in [-0.15, -0.1) is 0 Å². The Morgan fingerprint density at radius 2 is 2.28 bits per heavy atom. The number of rotatable bonds is 5. The summed E-state index contributed by atoms with van der Waals surface area (Å²) in [6.07, 6.45) is 0.249. The molecular weight excluding hydrogens is 228 g/mol. The molecule has 0 aliphatic carbocycles. The molecule has 1 aromatic rings. The van der Waals surface area contributed by atoms with E-state index in [-0.39, 0.29) is 6.10 Å². The first-order chi connectivity index (χ1) is 8.81. The first-order valence-corrected chi connectivity index (χ1v) is 6.56. The first-order valence-electron chi connectivity index (χ1n) is 6.56. The third-order valence-corrected chi connectivity index (χ3v) is 3.06. The number of nitrogens with zero attached hydrogens (tertiary/aromatic N) is 1. The van der Waals surface area contributed by atoms with E-state index in [4.69, 9.17) is 9.47 Å². The quantitative estimate of drug-likeness (QED) is 0.859. The van der Waals surface area contributed by atoms with Crippen LogP contribution in [0.5, 0.6) is 5.75 Å². The maximum atomic E-state index is 5.72. The van der Waals surface area contributed by atoms with Crippen LogP contribution in [0.1, 0.15) is 6.92 Å². The predicted octanol–water partition coefficient (Wildman–Crippen LogP) is 1.51. The van der Waals surface area contributed by atoms with Crippen molar-refractivity contribution in [2.45, 2.75) is 13.0 Å². The van der Waals surface area contributed by atoms with Crippen molar-refractivity contribution in [2.24, 2.45) is 0 Å². The third-order valence-electron chi connectivity index (χ3n) is 3.06. The smallest absolute Gasteiger partial charge is 0.142 e. The van der Waals surface area contributed by atoms with E-state index >= 15 is 0 Å². The molecule has 1 aliphatic rings. The van der Waals surface area contributed by atoms with Crippen molar-refractivity contribution in [3.05, 3.63) is 24.3 Å². The monoisotopic (exact) mass is 250 g/mol. The summed E-state index contributed by atoms with van der Waals surface area (Å²) >= 11 is 0. The standard InChI is InChI=1S/C14H22N2O2/c1-3-17-14-7-5-4-6-13(14)16(2)11-12-10-15-8-9-18-12/h4-7,12,15H,3,8-11H2,1-2H3. The van der Waals surface area contributed by atoms with Crippen LogP contribution in [-0.4, -0.2) is 46.0 Å². The van der Waals surface area contributed by atoms with E-state index in [1.807, 2.05) is 25.1 Å². The van der Waals surface area contributed by atoms with Crippen molar-refractivity contribution >= 4 is 5.69 Å². The van der Waals surface area contributed by atoms with Crippen molar-refractivity contribution in [1.29, 1.82) is 0 Å². The average Bonchev–Trinajstić information content (AvgIpc) is 2.41. The van der Waals surface area contributed by atoms with Gasteiger partial charge < -0.3 is 19.7 Å². The molecule has 1 fully saturated rings. The number of anilines is 1. The lowest BCUT2D eigenvalue weighted by atomic mass is 10.2. The van der Waals surface area contributed by atoms with Crippen LogP contribution in [-0.2, 0) is 4.74 Å². The SMILES string of the molecule is CCOc1ccccc1N(C)CC1CNCCO1. The van der Waals surface area contributed by atoms with E-state index in [0.717, 1.165) is 37.7 Å². The molecule has 0 bridgehead atoms. The molecule has 1 aliphatic heterocycles. The van der Waals surface area contributed by atoms with Crippen LogP contribution in [0.3, 0.4) is 0 Å². The minimum absolute atomic E-state index is 0.249. The summed E-state index contributed by atoms with van der Waals surface area (Å²) in [7, 11) is 2.08. The van der Waals surface area contributed by atoms with Gasteiger partial charge in [0.05, 0.1) is 25.0 Å². The average molecular weight is 250 g/mol. The molecule has 4 nitrogen and oxygen atoms in total. The van der Waals surface area contributed by atoms with Gasteiger partial charge in [0.25, 0.3) is 0 Å². The zero-order valence-electron chi connectivity index (χ0n) is 11.2. The highest BCUT2D eigenvalue weighted by molar-refractivity contribution is 5.57. The summed E-state index contributed by atoms with van der Waals surface area (Å²) in [5.74, 6) is 0.936. The number of likely N-dealkylation sites (N-methyl/N-ethyl adjacent to an activating group) is 1. The van der Waals surface area contributed by atoms with Crippen molar-refractivity contribution in [3.63, 3.8) is 0 Å². The predicted molar refractivity (Wildman–Crippen MR) is 73.5 cm³/mol. The molecule has 0 spiro atoms. The largest absolute Gasteiger partial charge is 0.492 e. The van der Waals surface area contributed by atoms with Gasteiger partial charge in [-0.25, -0.2) is 0 Å². The lowest BCUT2D eigenvalue weighted by Crippen LogP contribution is -2.44. The van der Waals surface area contributed by atoms with Crippen LogP contribution in [0.4, 0.5) is 5.69 Å². The van der Waals surface area contributed by atoms with E-state index in [2.05, 4.69) is 23.3 Å². The minimum atomic E-state index is 0.249. The van der Waals surface area contributed by atoms with E-state index in [0.29, 0.717) is 6.61 Å². The van der Waals surface area contributed by atoms with E-state index < -0.39 is 0 Å². The third kappa shape index (κ3) is 3.37. The fourth-order valence-corrected chi connectivity index (χ4v) is 2.19. The van der Waals surface area contributed by atoms with Crippen LogP contribution in [0, 0.1) is 0 Å². The zero-order valence-corrected chi connectivity index (χ0v) is 11.2. The molecule has 100 valence electrons. The van der Waals surface area contributed by atoms with Crippen LogP contribution in [0.2, 0.25) is 0 Å². The molecule has 0 aromatic heterocycles. The summed E-state index contributed by atoms with van der Waals surface area (Å²) in [5.41, 5.74) is 1.12. The number of ether oxygens (including phenoxy) is 2. The van der Waals surface area contributed by atoms with Gasteiger partial charge in [0.2, 0.25) is 0 Å². The van der Waals surface area contributed by atoms with Gasteiger partial charge in [0.15, 0.2) is 0 Å². The second-order valence-electron chi connectivity index (χ2n) is 4.48. The first kappa shape index (κ1) is 13.2. The second kappa shape index (κ2) is 6.61. The Labute approximate surface area is 109 Å². The van der Waals surface area contributed by atoms with Gasteiger partial charge in [0.1, 0.15) is 5.75 Å². The van der Waals surface area contributed by atoms with Gasteiger partial charge >= 0.3 is 0 Å². The molecule has 0 amide bonds. The van der Waals surface area contributed by atoms with E-state index in [1.54, 1.807) is 0 Å². The number of hydrogen-bond acceptors (Lipinski definition) is 4. The number of para-hydroxylation sites is 2. The number of hydrogen-bond donors (Lipinski definition) is 1.